The van der Waals surface area contributed by atoms with E-state index in [1.807, 2.05) is 0 Å². The van der Waals surface area contributed by atoms with Crippen molar-refractivity contribution in [3.05, 3.63) is 46.2 Å². The lowest BCUT2D eigenvalue weighted by Crippen LogP contribution is -2.20. The molecule has 0 aliphatic rings. The molecule has 1 aromatic carbocycles. The van der Waals surface area contributed by atoms with Crippen LogP contribution in [0, 0.1) is 0 Å². The number of hydrogen-bond acceptors (Lipinski definition) is 3. The topological polar surface area (TPSA) is 98.2 Å². The maximum Gasteiger partial charge on any atom is 0.339 e. The fraction of sp³-hybridized carbons (Fsp3) is 0. The number of carboxylic acid groups (broad SMARTS) is 1. The second-order valence-electron chi connectivity index (χ2n) is 3.46. The lowest BCUT2D eigenvalue weighted by atomic mass is 10.2. The number of nitrogens with zero attached hydrogens (tertiary/aromatic N) is 2. The molecule has 0 aliphatic carbocycles. The van der Waals surface area contributed by atoms with Crippen LogP contribution in [0.1, 0.15) is 20.8 Å². The number of halogens is 1. The van der Waals surface area contributed by atoms with Crippen LogP contribution >= 0.6 is 15.9 Å². The first-order valence-electron chi connectivity index (χ1n) is 4.87. The zero-order valence-electron chi connectivity index (χ0n) is 9.00. The normalized spacial score (nSPS) is 10.3. The molecule has 18 heavy (non-hydrogen) atoms. The summed E-state index contributed by atoms with van der Waals surface area (Å²) in [6.45, 7) is 0. The van der Waals surface area contributed by atoms with Crippen LogP contribution in [0.25, 0.3) is 5.69 Å². The van der Waals surface area contributed by atoms with E-state index >= 15 is 0 Å². The van der Waals surface area contributed by atoms with Gasteiger partial charge in [-0.1, -0.05) is 15.9 Å². The van der Waals surface area contributed by atoms with Crippen LogP contribution in [0.15, 0.2) is 34.9 Å². The number of nitrogens with two attached hydrogens (primary N) is 1. The van der Waals surface area contributed by atoms with E-state index < -0.39 is 11.9 Å². The number of aromatic carboxylic acids is 1. The molecule has 0 saturated carbocycles. The molecule has 0 unspecified atom stereocenters. The van der Waals surface area contributed by atoms with Crippen molar-refractivity contribution in [2.24, 2.45) is 5.73 Å². The Hall–Kier alpha value is -2.15. The highest BCUT2D eigenvalue weighted by molar-refractivity contribution is 9.10. The molecule has 7 heteroatoms. The predicted octanol–water partition coefficient (Wildman–Crippen LogP) is 1.43. The molecule has 1 amide bonds. The number of aromatic nitrogens is 2. The van der Waals surface area contributed by atoms with E-state index in [1.54, 1.807) is 24.3 Å². The molecule has 0 saturated heterocycles. The van der Waals surface area contributed by atoms with Gasteiger partial charge in [-0.05, 0) is 24.3 Å². The van der Waals surface area contributed by atoms with Crippen molar-refractivity contribution < 1.29 is 14.7 Å². The molecule has 1 heterocycles. The molecule has 1 aromatic heterocycles. The molecule has 0 aliphatic heterocycles. The summed E-state index contributed by atoms with van der Waals surface area (Å²) in [5, 5.41) is 12.8. The molecule has 3 N–H and O–H groups in total. The fourth-order valence-corrected chi connectivity index (χ4v) is 1.78. The Morgan fingerprint density at radius 2 is 1.89 bits per heavy atom. The van der Waals surface area contributed by atoms with E-state index in [-0.39, 0.29) is 11.3 Å². The molecular formula is C11H8BrN3O3. The van der Waals surface area contributed by atoms with Crippen LogP contribution in [-0.4, -0.2) is 26.8 Å². The highest BCUT2D eigenvalue weighted by Crippen LogP contribution is 2.17. The highest BCUT2D eigenvalue weighted by Gasteiger charge is 2.21. The average molecular weight is 310 g/mol. The summed E-state index contributed by atoms with van der Waals surface area (Å²) in [7, 11) is 0. The van der Waals surface area contributed by atoms with E-state index in [1.165, 1.54) is 4.68 Å². The number of rotatable bonds is 3. The Bertz CT molecular complexity index is 619. The summed E-state index contributed by atoms with van der Waals surface area (Å²) in [5.41, 5.74) is 5.38. The smallest absolute Gasteiger partial charge is 0.339 e. The van der Waals surface area contributed by atoms with Crippen LogP contribution < -0.4 is 5.73 Å². The first-order chi connectivity index (χ1) is 8.50. The second-order valence-corrected chi connectivity index (χ2v) is 4.38. The number of carboxylic acids is 1. The fourth-order valence-electron chi connectivity index (χ4n) is 1.52. The minimum atomic E-state index is -1.24. The molecule has 6 nitrogen and oxygen atoms in total. The predicted molar refractivity (Wildman–Crippen MR) is 66.7 cm³/mol. The minimum Gasteiger partial charge on any atom is -0.478 e. The molecule has 0 bridgehead atoms. The summed E-state index contributed by atoms with van der Waals surface area (Å²) in [6.07, 6.45) is 1.10. The van der Waals surface area contributed by atoms with Gasteiger partial charge in [0, 0.05) is 4.47 Å². The number of amides is 1. The Kier molecular flexibility index (Phi) is 3.15. The van der Waals surface area contributed by atoms with Crippen molar-refractivity contribution in [3.8, 4) is 5.69 Å². The SMILES string of the molecule is NC(=O)c1c(C(=O)O)cnn1-c1ccc(Br)cc1. The summed E-state index contributed by atoms with van der Waals surface area (Å²) in [6, 6.07) is 6.88. The van der Waals surface area contributed by atoms with E-state index in [0.717, 1.165) is 10.7 Å². The molecule has 0 fully saturated rings. The van der Waals surface area contributed by atoms with Gasteiger partial charge in [0.25, 0.3) is 5.91 Å². The lowest BCUT2D eigenvalue weighted by molar-refractivity contribution is 0.0692. The van der Waals surface area contributed by atoms with Crippen molar-refractivity contribution in [1.82, 2.24) is 9.78 Å². The van der Waals surface area contributed by atoms with Gasteiger partial charge >= 0.3 is 5.97 Å². The zero-order chi connectivity index (χ0) is 13.3. The third-order valence-corrected chi connectivity index (χ3v) is 2.83. The van der Waals surface area contributed by atoms with E-state index in [0.29, 0.717) is 5.69 Å². The maximum atomic E-state index is 11.3. The molecule has 92 valence electrons. The van der Waals surface area contributed by atoms with Crippen LogP contribution in [0.5, 0.6) is 0 Å². The van der Waals surface area contributed by atoms with E-state index in [4.69, 9.17) is 10.8 Å². The average Bonchev–Trinajstić information content (AvgIpc) is 2.74. The number of carbonyl (C=O) groups excluding carboxylic acids is 1. The summed E-state index contributed by atoms with van der Waals surface area (Å²) < 4.78 is 2.07. The van der Waals surface area contributed by atoms with Gasteiger partial charge in [0.15, 0.2) is 0 Å². The Morgan fingerprint density at radius 3 is 2.39 bits per heavy atom. The van der Waals surface area contributed by atoms with Crippen molar-refractivity contribution in [1.29, 1.82) is 0 Å². The molecular weight excluding hydrogens is 302 g/mol. The number of hydrogen-bond donors (Lipinski definition) is 2. The van der Waals surface area contributed by atoms with Crippen LogP contribution in [0.2, 0.25) is 0 Å². The quantitative estimate of drug-likeness (QED) is 0.896. The first kappa shape index (κ1) is 12.3. The van der Waals surface area contributed by atoms with Crippen LogP contribution in [-0.2, 0) is 0 Å². The third kappa shape index (κ3) is 2.12. The van der Waals surface area contributed by atoms with Crippen molar-refractivity contribution in [3.63, 3.8) is 0 Å². The van der Waals surface area contributed by atoms with Crippen LogP contribution in [0.3, 0.4) is 0 Å². The first-order valence-corrected chi connectivity index (χ1v) is 5.67. The number of benzene rings is 1. The third-order valence-electron chi connectivity index (χ3n) is 2.30. The van der Waals surface area contributed by atoms with Gasteiger partial charge in [0.1, 0.15) is 11.3 Å². The maximum absolute atomic E-state index is 11.3. The summed E-state index contributed by atoms with van der Waals surface area (Å²) >= 11 is 3.28. The molecule has 2 rings (SSSR count). The molecule has 0 spiro atoms. The van der Waals surface area contributed by atoms with Gasteiger partial charge in [-0.25, -0.2) is 9.48 Å². The van der Waals surface area contributed by atoms with Crippen molar-refractivity contribution >= 4 is 27.8 Å². The van der Waals surface area contributed by atoms with E-state index in [2.05, 4.69) is 21.0 Å². The van der Waals surface area contributed by atoms with Gasteiger partial charge in [-0.2, -0.15) is 5.10 Å². The Morgan fingerprint density at radius 1 is 1.28 bits per heavy atom. The molecule has 0 atom stereocenters. The molecule has 2 aromatic rings. The van der Waals surface area contributed by atoms with Gasteiger partial charge in [0.2, 0.25) is 0 Å². The minimum absolute atomic E-state index is 0.148. The number of primary amides is 1. The number of carbonyl (C=O) groups is 2. The Balaban J connectivity index is 2.61. The van der Waals surface area contributed by atoms with Crippen LogP contribution in [0.4, 0.5) is 0 Å². The lowest BCUT2D eigenvalue weighted by Gasteiger charge is -2.05. The standard InChI is InChI=1S/C11H8BrN3O3/c12-6-1-3-7(4-2-6)15-9(10(13)16)8(5-14-15)11(17)18/h1-5H,(H2,13,16)(H,17,18). The van der Waals surface area contributed by atoms with Gasteiger partial charge in [-0.3, -0.25) is 4.79 Å². The van der Waals surface area contributed by atoms with Gasteiger partial charge in [0.05, 0.1) is 11.9 Å². The zero-order valence-corrected chi connectivity index (χ0v) is 10.6. The molecule has 0 radical (unpaired) electrons. The monoisotopic (exact) mass is 309 g/mol. The van der Waals surface area contributed by atoms with Gasteiger partial charge in [-0.15, -0.1) is 0 Å². The highest BCUT2D eigenvalue weighted by atomic mass is 79.9. The summed E-state index contributed by atoms with van der Waals surface area (Å²) in [5.74, 6) is -2.08. The van der Waals surface area contributed by atoms with Gasteiger partial charge < -0.3 is 10.8 Å². The Labute approximate surface area is 110 Å². The second kappa shape index (κ2) is 4.61. The van der Waals surface area contributed by atoms with E-state index in [9.17, 15) is 9.59 Å². The van der Waals surface area contributed by atoms with Crippen molar-refractivity contribution in [2.45, 2.75) is 0 Å². The largest absolute Gasteiger partial charge is 0.478 e. The summed E-state index contributed by atoms with van der Waals surface area (Å²) in [4.78, 5) is 22.3. The van der Waals surface area contributed by atoms with Crippen molar-refractivity contribution in [2.75, 3.05) is 0 Å².